The van der Waals surface area contributed by atoms with Crippen LogP contribution in [0, 0.1) is 10.8 Å². The molecule has 1 heterocycles. The zero-order valence-electron chi connectivity index (χ0n) is 14.9. The normalized spacial score (nSPS) is 29.0. The van der Waals surface area contributed by atoms with E-state index in [0.29, 0.717) is 0 Å². The van der Waals surface area contributed by atoms with Gasteiger partial charge in [0.25, 0.3) is 0 Å². The van der Waals surface area contributed by atoms with E-state index in [1.54, 1.807) is 41.5 Å². The van der Waals surface area contributed by atoms with Crippen molar-refractivity contribution in [2.45, 2.75) is 66.1 Å². The van der Waals surface area contributed by atoms with Gasteiger partial charge in [0, 0.05) is 7.11 Å². The van der Waals surface area contributed by atoms with E-state index in [1.165, 1.54) is 7.11 Å². The Kier molecular flexibility index (Phi) is 6.18. The van der Waals surface area contributed by atoms with E-state index in [1.807, 2.05) is 0 Å². The molecule has 0 saturated carbocycles. The van der Waals surface area contributed by atoms with E-state index in [-0.39, 0.29) is 6.61 Å². The van der Waals surface area contributed by atoms with Crippen molar-refractivity contribution in [3.8, 4) is 0 Å². The molecule has 134 valence electrons. The van der Waals surface area contributed by atoms with Crippen LogP contribution >= 0.6 is 0 Å². The Balaban J connectivity index is 2.93. The van der Waals surface area contributed by atoms with Gasteiger partial charge in [-0.2, -0.15) is 0 Å². The molecule has 0 spiro atoms. The highest BCUT2D eigenvalue weighted by atomic mass is 16.7. The maximum atomic E-state index is 12.1. The van der Waals surface area contributed by atoms with Crippen molar-refractivity contribution < 1.29 is 33.6 Å². The van der Waals surface area contributed by atoms with Crippen molar-refractivity contribution in [1.82, 2.24) is 0 Å². The topological polar surface area (TPSA) is 91.3 Å². The van der Waals surface area contributed by atoms with Crippen LogP contribution in [0.25, 0.3) is 0 Å². The molecule has 1 aliphatic rings. The third-order valence-corrected chi connectivity index (χ3v) is 3.37. The van der Waals surface area contributed by atoms with Crippen LogP contribution in [-0.2, 0) is 28.5 Å². The van der Waals surface area contributed by atoms with Crippen molar-refractivity contribution in [3.05, 3.63) is 0 Å². The number of hydrogen-bond acceptors (Lipinski definition) is 7. The van der Waals surface area contributed by atoms with Crippen molar-refractivity contribution in [2.75, 3.05) is 13.7 Å². The molecule has 0 amide bonds. The summed E-state index contributed by atoms with van der Waals surface area (Å²) in [5.74, 6) is -0.971. The summed E-state index contributed by atoms with van der Waals surface area (Å²) >= 11 is 0. The van der Waals surface area contributed by atoms with Crippen LogP contribution in [0.5, 0.6) is 0 Å². The fourth-order valence-corrected chi connectivity index (χ4v) is 1.83. The molecule has 23 heavy (non-hydrogen) atoms. The molecule has 7 heteroatoms. The number of hydrogen-bond donors (Lipinski definition) is 1. The number of carbonyl (C=O) groups is 2. The Morgan fingerprint density at radius 1 is 1.00 bits per heavy atom. The number of rotatable bonds is 3. The van der Waals surface area contributed by atoms with Gasteiger partial charge in [-0.05, 0) is 41.5 Å². The molecule has 0 aromatic carbocycles. The minimum Gasteiger partial charge on any atom is -0.455 e. The molecule has 0 unspecified atom stereocenters. The molecule has 7 nitrogen and oxygen atoms in total. The van der Waals surface area contributed by atoms with Crippen molar-refractivity contribution in [1.29, 1.82) is 0 Å². The summed E-state index contributed by atoms with van der Waals surface area (Å²) in [6, 6.07) is 0. The first kappa shape index (κ1) is 19.9. The molecule has 1 N–H and O–H groups in total. The largest absolute Gasteiger partial charge is 0.455 e. The van der Waals surface area contributed by atoms with Crippen molar-refractivity contribution in [3.63, 3.8) is 0 Å². The van der Waals surface area contributed by atoms with Crippen LogP contribution in [-0.4, -0.2) is 55.4 Å². The van der Waals surface area contributed by atoms with Gasteiger partial charge in [-0.25, -0.2) is 0 Å². The van der Waals surface area contributed by atoms with E-state index < -0.39 is 47.4 Å². The molecule has 0 radical (unpaired) electrons. The SMILES string of the molecule is CO[C@@H]1OC[C@@H](OC(=O)C(C)(C)C)[C@H](OC(=O)C(C)(C)C)[C@H]1O. The minimum atomic E-state index is -1.25. The molecule has 1 saturated heterocycles. The fourth-order valence-electron chi connectivity index (χ4n) is 1.83. The lowest BCUT2D eigenvalue weighted by molar-refractivity contribution is -0.273. The van der Waals surface area contributed by atoms with Gasteiger partial charge >= 0.3 is 11.9 Å². The molecule has 4 atom stereocenters. The van der Waals surface area contributed by atoms with Gasteiger partial charge in [0.15, 0.2) is 18.5 Å². The monoisotopic (exact) mass is 332 g/mol. The second-order valence-electron chi connectivity index (χ2n) is 7.74. The van der Waals surface area contributed by atoms with Gasteiger partial charge in [0.2, 0.25) is 0 Å². The summed E-state index contributed by atoms with van der Waals surface area (Å²) in [5.41, 5.74) is -1.47. The average Bonchev–Trinajstić information content (AvgIpc) is 2.40. The first-order chi connectivity index (χ1) is 10.4. The molecular formula is C16H28O7. The zero-order chi connectivity index (χ0) is 18.0. The molecule has 0 aromatic rings. The second-order valence-corrected chi connectivity index (χ2v) is 7.74. The standard InChI is InChI=1S/C16H28O7/c1-15(2,3)13(18)22-9-8-21-12(20-7)10(17)11(9)23-14(19)16(4,5)6/h9-12,17H,8H2,1-7H3/t9-,10-,11+,12-/m1/s1. The Morgan fingerprint density at radius 2 is 1.48 bits per heavy atom. The highest BCUT2D eigenvalue weighted by molar-refractivity contribution is 5.76. The summed E-state index contributed by atoms with van der Waals surface area (Å²) < 4.78 is 21.1. The van der Waals surface area contributed by atoms with Crippen LogP contribution in [0.2, 0.25) is 0 Å². The molecule has 0 aromatic heterocycles. The minimum absolute atomic E-state index is 0.0283. The Labute approximate surface area is 137 Å². The lowest BCUT2D eigenvalue weighted by Crippen LogP contribution is -2.57. The predicted molar refractivity (Wildman–Crippen MR) is 81.4 cm³/mol. The Bertz CT molecular complexity index is 433. The summed E-state index contributed by atoms with van der Waals surface area (Å²) in [6.45, 7) is 10.2. The summed E-state index contributed by atoms with van der Waals surface area (Å²) in [7, 11) is 1.37. The van der Waals surface area contributed by atoms with Crippen molar-refractivity contribution >= 4 is 11.9 Å². The maximum absolute atomic E-state index is 12.1. The molecule has 1 fully saturated rings. The molecule has 1 rings (SSSR count). The third-order valence-electron chi connectivity index (χ3n) is 3.37. The second kappa shape index (κ2) is 7.15. The smallest absolute Gasteiger partial charge is 0.311 e. The van der Waals surface area contributed by atoms with E-state index >= 15 is 0 Å². The molecule has 1 aliphatic heterocycles. The number of methoxy groups -OCH3 is 1. The lowest BCUT2D eigenvalue weighted by Gasteiger charge is -2.39. The van der Waals surface area contributed by atoms with E-state index in [9.17, 15) is 14.7 Å². The highest BCUT2D eigenvalue weighted by Gasteiger charge is 2.46. The number of esters is 2. The number of ether oxygens (including phenoxy) is 4. The van der Waals surface area contributed by atoms with Gasteiger partial charge in [-0.3, -0.25) is 9.59 Å². The third kappa shape index (κ3) is 5.16. The van der Waals surface area contributed by atoms with E-state index in [2.05, 4.69) is 0 Å². The average molecular weight is 332 g/mol. The first-order valence-electron chi connectivity index (χ1n) is 7.62. The summed E-state index contributed by atoms with van der Waals surface area (Å²) in [6.07, 6.45) is -4.14. The number of aliphatic hydroxyl groups excluding tert-OH is 1. The molecule has 0 bridgehead atoms. The van der Waals surface area contributed by atoms with Crippen LogP contribution < -0.4 is 0 Å². The number of aliphatic hydroxyl groups is 1. The van der Waals surface area contributed by atoms with Crippen molar-refractivity contribution in [2.24, 2.45) is 10.8 Å². The van der Waals surface area contributed by atoms with Gasteiger partial charge in [0.05, 0.1) is 17.4 Å². The summed E-state index contributed by atoms with van der Waals surface area (Å²) in [5, 5.41) is 10.3. The lowest BCUT2D eigenvalue weighted by atomic mass is 9.95. The highest BCUT2D eigenvalue weighted by Crippen LogP contribution is 2.27. The summed E-state index contributed by atoms with van der Waals surface area (Å²) in [4.78, 5) is 24.2. The van der Waals surface area contributed by atoms with Gasteiger partial charge in [-0.1, -0.05) is 0 Å². The molecular weight excluding hydrogens is 304 g/mol. The van der Waals surface area contributed by atoms with E-state index in [0.717, 1.165) is 0 Å². The van der Waals surface area contributed by atoms with Gasteiger partial charge < -0.3 is 24.1 Å². The van der Waals surface area contributed by atoms with Crippen LogP contribution in [0.1, 0.15) is 41.5 Å². The van der Waals surface area contributed by atoms with Gasteiger partial charge in [0.1, 0.15) is 6.10 Å². The van der Waals surface area contributed by atoms with Crippen LogP contribution in [0.4, 0.5) is 0 Å². The van der Waals surface area contributed by atoms with Crippen LogP contribution in [0.15, 0.2) is 0 Å². The number of carbonyl (C=O) groups excluding carboxylic acids is 2. The fraction of sp³-hybridized carbons (Fsp3) is 0.875. The van der Waals surface area contributed by atoms with E-state index in [4.69, 9.17) is 18.9 Å². The zero-order valence-corrected chi connectivity index (χ0v) is 14.9. The van der Waals surface area contributed by atoms with Crippen LogP contribution in [0.3, 0.4) is 0 Å². The predicted octanol–water partition coefficient (Wildman–Crippen LogP) is 1.27. The Morgan fingerprint density at radius 3 is 1.91 bits per heavy atom. The first-order valence-corrected chi connectivity index (χ1v) is 7.62. The molecule has 0 aliphatic carbocycles. The Hall–Kier alpha value is -1.18. The quantitative estimate of drug-likeness (QED) is 0.778. The maximum Gasteiger partial charge on any atom is 0.311 e. The van der Waals surface area contributed by atoms with Gasteiger partial charge in [-0.15, -0.1) is 0 Å².